The fourth-order valence-corrected chi connectivity index (χ4v) is 3.34. The molecule has 0 atom stereocenters. The summed E-state index contributed by atoms with van der Waals surface area (Å²) in [6.45, 7) is 3.29. The van der Waals surface area contributed by atoms with Crippen LogP contribution < -0.4 is 10.5 Å². The first-order valence-electron chi connectivity index (χ1n) is 4.98. The van der Waals surface area contributed by atoms with E-state index in [4.69, 9.17) is 28.9 Å². The van der Waals surface area contributed by atoms with Gasteiger partial charge in [-0.2, -0.15) is 0 Å². The fourth-order valence-electron chi connectivity index (χ4n) is 1.18. The predicted octanol–water partition coefficient (Wildman–Crippen LogP) is 2.15. The van der Waals surface area contributed by atoms with Crippen LogP contribution in [0.5, 0.6) is 0 Å². The summed E-state index contributed by atoms with van der Waals surface area (Å²) in [5.74, 6) is -0.966. The molecule has 0 aromatic heterocycles. The van der Waals surface area contributed by atoms with Gasteiger partial charge in [-0.3, -0.25) is 0 Å². The van der Waals surface area contributed by atoms with Crippen LogP contribution in [0.4, 0.5) is 4.39 Å². The third-order valence-corrected chi connectivity index (χ3v) is 4.72. The fraction of sp³-hybridized carbons (Fsp3) is 0.400. The monoisotopic (exact) mass is 314 g/mol. The molecular weight excluding hydrogens is 302 g/mol. The van der Waals surface area contributed by atoms with E-state index in [1.54, 1.807) is 13.8 Å². The van der Waals surface area contributed by atoms with Crippen molar-refractivity contribution in [3.8, 4) is 0 Å². The highest BCUT2D eigenvalue weighted by Crippen LogP contribution is 2.29. The van der Waals surface area contributed by atoms with E-state index in [1.165, 1.54) is 0 Å². The second-order valence-corrected chi connectivity index (χ2v) is 6.80. The van der Waals surface area contributed by atoms with Gasteiger partial charge in [0.25, 0.3) is 0 Å². The van der Waals surface area contributed by atoms with Crippen molar-refractivity contribution in [1.82, 2.24) is 4.72 Å². The predicted molar refractivity (Wildman–Crippen MR) is 69.9 cm³/mol. The number of hydrogen-bond acceptors (Lipinski definition) is 3. The molecule has 18 heavy (non-hydrogen) atoms. The summed E-state index contributed by atoms with van der Waals surface area (Å²) in [5, 5.41) is -0.778. The number of benzene rings is 1. The van der Waals surface area contributed by atoms with E-state index in [2.05, 4.69) is 4.72 Å². The molecule has 102 valence electrons. The van der Waals surface area contributed by atoms with Crippen LogP contribution in [-0.2, 0) is 10.0 Å². The minimum atomic E-state index is -3.96. The molecule has 0 heterocycles. The summed E-state index contributed by atoms with van der Waals surface area (Å²) in [7, 11) is -3.96. The average Bonchev–Trinajstić information content (AvgIpc) is 2.24. The molecule has 4 nitrogen and oxygen atoms in total. The van der Waals surface area contributed by atoms with Crippen molar-refractivity contribution in [2.75, 3.05) is 6.54 Å². The van der Waals surface area contributed by atoms with Crippen LogP contribution in [0.15, 0.2) is 17.0 Å². The third-order valence-electron chi connectivity index (χ3n) is 2.21. The molecular formula is C10H13Cl2FN2O2S. The number of nitrogens with one attached hydrogen (secondary N) is 1. The zero-order valence-electron chi connectivity index (χ0n) is 9.80. The zero-order valence-corrected chi connectivity index (χ0v) is 12.1. The Morgan fingerprint density at radius 1 is 1.39 bits per heavy atom. The molecule has 0 aliphatic carbocycles. The Morgan fingerprint density at radius 2 is 1.94 bits per heavy atom. The van der Waals surface area contributed by atoms with E-state index >= 15 is 0 Å². The molecule has 1 aromatic carbocycles. The van der Waals surface area contributed by atoms with Crippen LogP contribution in [0.2, 0.25) is 10.0 Å². The first-order chi connectivity index (χ1) is 8.10. The van der Waals surface area contributed by atoms with Crippen LogP contribution in [0.3, 0.4) is 0 Å². The third kappa shape index (κ3) is 3.33. The van der Waals surface area contributed by atoms with E-state index in [0.717, 1.165) is 12.1 Å². The molecule has 1 rings (SSSR count). The van der Waals surface area contributed by atoms with E-state index < -0.39 is 26.4 Å². The smallest absolute Gasteiger partial charge is 0.242 e. The van der Waals surface area contributed by atoms with Crippen LogP contribution in [0, 0.1) is 5.82 Å². The summed E-state index contributed by atoms with van der Waals surface area (Å²) in [4.78, 5) is -0.368. The summed E-state index contributed by atoms with van der Waals surface area (Å²) < 4.78 is 39.9. The van der Waals surface area contributed by atoms with Gasteiger partial charge in [0.15, 0.2) is 5.82 Å². The molecule has 0 amide bonds. The second-order valence-electron chi connectivity index (χ2n) is 4.37. The second kappa shape index (κ2) is 5.30. The minimum absolute atomic E-state index is 0.0833. The van der Waals surface area contributed by atoms with Gasteiger partial charge in [0.2, 0.25) is 10.0 Å². The Bertz CT molecular complexity index is 561. The van der Waals surface area contributed by atoms with Gasteiger partial charge in [-0.05, 0) is 26.0 Å². The Labute approximate surface area is 115 Å². The first-order valence-corrected chi connectivity index (χ1v) is 7.22. The highest BCUT2D eigenvalue weighted by Gasteiger charge is 2.28. The number of rotatable bonds is 4. The SMILES string of the molecule is CC(C)(CN)NS(=O)(=O)c1ccc(Cl)c(F)c1Cl. The largest absolute Gasteiger partial charge is 0.329 e. The molecule has 0 bridgehead atoms. The molecule has 0 fully saturated rings. The van der Waals surface area contributed by atoms with Crippen molar-refractivity contribution in [3.05, 3.63) is 28.0 Å². The molecule has 3 N–H and O–H groups in total. The summed E-state index contributed by atoms with van der Waals surface area (Å²) >= 11 is 11.1. The average molecular weight is 315 g/mol. The zero-order chi connectivity index (χ0) is 14.1. The summed E-state index contributed by atoms with van der Waals surface area (Å²) in [5.41, 5.74) is 4.57. The molecule has 0 radical (unpaired) electrons. The molecule has 0 spiro atoms. The van der Waals surface area contributed by atoms with E-state index in [9.17, 15) is 12.8 Å². The number of sulfonamides is 1. The quantitative estimate of drug-likeness (QED) is 0.836. The molecule has 0 saturated heterocycles. The molecule has 8 heteroatoms. The Balaban J connectivity index is 3.27. The van der Waals surface area contributed by atoms with E-state index in [-0.39, 0.29) is 16.5 Å². The topological polar surface area (TPSA) is 72.2 Å². The van der Waals surface area contributed by atoms with Crippen molar-refractivity contribution < 1.29 is 12.8 Å². The van der Waals surface area contributed by atoms with Crippen molar-refractivity contribution in [2.45, 2.75) is 24.3 Å². The van der Waals surface area contributed by atoms with Gasteiger partial charge in [-0.15, -0.1) is 0 Å². The van der Waals surface area contributed by atoms with Crippen LogP contribution in [0.1, 0.15) is 13.8 Å². The van der Waals surface area contributed by atoms with Crippen molar-refractivity contribution >= 4 is 33.2 Å². The summed E-state index contributed by atoms with van der Waals surface area (Å²) in [6, 6.07) is 2.27. The van der Waals surface area contributed by atoms with Crippen LogP contribution in [-0.4, -0.2) is 20.5 Å². The Kier molecular flexibility index (Phi) is 4.61. The normalized spacial score (nSPS) is 12.8. The van der Waals surface area contributed by atoms with Gasteiger partial charge < -0.3 is 5.73 Å². The van der Waals surface area contributed by atoms with Gasteiger partial charge in [0.1, 0.15) is 4.90 Å². The van der Waals surface area contributed by atoms with Gasteiger partial charge in [0, 0.05) is 12.1 Å². The number of halogens is 3. The highest BCUT2D eigenvalue weighted by molar-refractivity contribution is 7.89. The minimum Gasteiger partial charge on any atom is -0.329 e. The highest BCUT2D eigenvalue weighted by atomic mass is 35.5. The summed E-state index contributed by atoms with van der Waals surface area (Å²) in [6.07, 6.45) is 0. The molecule has 0 aliphatic rings. The van der Waals surface area contributed by atoms with Crippen LogP contribution >= 0.6 is 23.2 Å². The van der Waals surface area contributed by atoms with E-state index in [0.29, 0.717) is 0 Å². The maximum Gasteiger partial charge on any atom is 0.242 e. The Morgan fingerprint density at radius 3 is 2.44 bits per heavy atom. The van der Waals surface area contributed by atoms with Crippen molar-refractivity contribution in [1.29, 1.82) is 0 Å². The lowest BCUT2D eigenvalue weighted by Gasteiger charge is -2.24. The van der Waals surface area contributed by atoms with E-state index in [1.807, 2.05) is 0 Å². The lowest BCUT2D eigenvalue weighted by Crippen LogP contribution is -2.48. The molecule has 0 saturated carbocycles. The first kappa shape index (κ1) is 15.7. The van der Waals surface area contributed by atoms with Crippen molar-refractivity contribution in [3.63, 3.8) is 0 Å². The maximum absolute atomic E-state index is 13.5. The maximum atomic E-state index is 13.5. The van der Waals surface area contributed by atoms with Gasteiger partial charge in [-0.25, -0.2) is 17.5 Å². The van der Waals surface area contributed by atoms with Gasteiger partial charge >= 0.3 is 0 Å². The Hall–Kier alpha value is -0.400. The molecule has 0 unspecified atom stereocenters. The van der Waals surface area contributed by atoms with Gasteiger partial charge in [-0.1, -0.05) is 23.2 Å². The van der Waals surface area contributed by atoms with Crippen LogP contribution in [0.25, 0.3) is 0 Å². The lowest BCUT2D eigenvalue weighted by molar-refractivity contribution is 0.462. The van der Waals surface area contributed by atoms with Crippen molar-refractivity contribution in [2.24, 2.45) is 5.73 Å². The lowest BCUT2D eigenvalue weighted by atomic mass is 10.1. The standard InChI is InChI=1S/C10H13Cl2FN2O2S/c1-10(2,5-14)15-18(16,17)7-4-3-6(11)9(13)8(7)12/h3-4,15H,5,14H2,1-2H3. The number of nitrogens with two attached hydrogens (primary N) is 1. The number of hydrogen-bond donors (Lipinski definition) is 2. The van der Waals surface area contributed by atoms with Gasteiger partial charge in [0.05, 0.1) is 10.0 Å². The molecule has 0 aliphatic heterocycles. The molecule has 1 aromatic rings.